The van der Waals surface area contributed by atoms with Crippen LogP contribution in [0.25, 0.3) is 0 Å². The number of rotatable bonds is 7. The van der Waals surface area contributed by atoms with Crippen molar-refractivity contribution in [3.8, 4) is 0 Å². The predicted molar refractivity (Wildman–Crippen MR) is 100 cm³/mol. The third kappa shape index (κ3) is 4.66. The van der Waals surface area contributed by atoms with Gasteiger partial charge in [0.2, 0.25) is 5.91 Å². The Bertz CT molecular complexity index is 633. The molecule has 1 saturated heterocycles. The van der Waals surface area contributed by atoms with Gasteiger partial charge in [0.15, 0.2) is 0 Å². The SMILES string of the molecule is CC(=O)Nc1ccc(CNCC(c2cccs2)N2CCCC2)cc1. The topological polar surface area (TPSA) is 44.4 Å². The minimum Gasteiger partial charge on any atom is -0.326 e. The van der Waals surface area contributed by atoms with Crippen LogP contribution in [0.1, 0.15) is 36.2 Å². The molecule has 1 atom stereocenters. The summed E-state index contributed by atoms with van der Waals surface area (Å²) in [5.41, 5.74) is 2.08. The van der Waals surface area contributed by atoms with E-state index in [1.807, 2.05) is 23.5 Å². The van der Waals surface area contributed by atoms with E-state index in [4.69, 9.17) is 0 Å². The third-order valence-corrected chi connectivity index (χ3v) is 5.37. The van der Waals surface area contributed by atoms with E-state index in [-0.39, 0.29) is 5.91 Å². The number of nitrogens with one attached hydrogen (secondary N) is 2. The molecular formula is C19H25N3OS. The van der Waals surface area contributed by atoms with E-state index >= 15 is 0 Å². The molecule has 1 aliphatic heterocycles. The van der Waals surface area contributed by atoms with Crippen molar-refractivity contribution >= 4 is 22.9 Å². The van der Waals surface area contributed by atoms with E-state index in [1.165, 1.54) is 43.3 Å². The summed E-state index contributed by atoms with van der Waals surface area (Å²) in [6.45, 7) is 5.74. The second-order valence-electron chi connectivity index (χ2n) is 6.28. The molecule has 1 aliphatic rings. The van der Waals surface area contributed by atoms with Crippen molar-refractivity contribution in [2.75, 3.05) is 25.0 Å². The first-order chi connectivity index (χ1) is 11.7. The Morgan fingerprint density at radius 3 is 2.58 bits per heavy atom. The first kappa shape index (κ1) is 17.1. The van der Waals surface area contributed by atoms with Gasteiger partial charge < -0.3 is 10.6 Å². The fourth-order valence-electron chi connectivity index (χ4n) is 3.21. The third-order valence-electron chi connectivity index (χ3n) is 4.39. The zero-order valence-electron chi connectivity index (χ0n) is 14.1. The van der Waals surface area contributed by atoms with Crippen molar-refractivity contribution in [3.05, 3.63) is 52.2 Å². The fraction of sp³-hybridized carbons (Fsp3) is 0.421. The number of amides is 1. The molecular weight excluding hydrogens is 318 g/mol. The summed E-state index contributed by atoms with van der Waals surface area (Å²) in [6, 6.07) is 12.9. The van der Waals surface area contributed by atoms with Crippen LogP contribution < -0.4 is 10.6 Å². The molecule has 0 bridgehead atoms. The molecule has 5 heteroatoms. The Morgan fingerprint density at radius 1 is 1.21 bits per heavy atom. The van der Waals surface area contributed by atoms with Crippen molar-refractivity contribution in [1.82, 2.24) is 10.2 Å². The number of anilines is 1. The van der Waals surface area contributed by atoms with Crippen LogP contribution in [0.5, 0.6) is 0 Å². The zero-order chi connectivity index (χ0) is 16.8. The molecule has 1 aromatic carbocycles. The van der Waals surface area contributed by atoms with E-state index < -0.39 is 0 Å². The minimum atomic E-state index is -0.0368. The number of carbonyl (C=O) groups is 1. The van der Waals surface area contributed by atoms with Crippen LogP contribution in [-0.4, -0.2) is 30.4 Å². The molecule has 128 valence electrons. The Hall–Kier alpha value is -1.69. The molecule has 0 radical (unpaired) electrons. The number of thiophene rings is 1. The summed E-state index contributed by atoms with van der Waals surface area (Å²) in [5.74, 6) is -0.0368. The number of nitrogens with zero attached hydrogens (tertiary/aromatic N) is 1. The highest BCUT2D eigenvalue weighted by atomic mass is 32.1. The fourth-order valence-corrected chi connectivity index (χ4v) is 4.07. The lowest BCUT2D eigenvalue weighted by Gasteiger charge is -2.27. The molecule has 0 aliphatic carbocycles. The van der Waals surface area contributed by atoms with Gasteiger partial charge in [0, 0.05) is 30.6 Å². The van der Waals surface area contributed by atoms with Gasteiger partial charge in [-0.2, -0.15) is 0 Å². The van der Waals surface area contributed by atoms with Crippen LogP contribution in [0.15, 0.2) is 41.8 Å². The van der Waals surface area contributed by atoms with Gasteiger partial charge in [0.05, 0.1) is 6.04 Å². The van der Waals surface area contributed by atoms with Crippen molar-refractivity contribution in [3.63, 3.8) is 0 Å². The van der Waals surface area contributed by atoms with E-state index in [0.29, 0.717) is 6.04 Å². The van der Waals surface area contributed by atoms with Gasteiger partial charge in [-0.1, -0.05) is 18.2 Å². The first-order valence-corrected chi connectivity index (χ1v) is 9.45. The van der Waals surface area contributed by atoms with Crippen LogP contribution in [0.2, 0.25) is 0 Å². The Balaban J connectivity index is 1.54. The van der Waals surface area contributed by atoms with Gasteiger partial charge in [0.25, 0.3) is 0 Å². The standard InChI is InChI=1S/C19H25N3OS/c1-15(23)21-17-8-6-16(7-9-17)13-20-14-18(19-5-4-12-24-19)22-10-2-3-11-22/h4-9,12,18,20H,2-3,10-11,13-14H2,1H3,(H,21,23). The molecule has 1 fully saturated rings. The highest BCUT2D eigenvalue weighted by Gasteiger charge is 2.23. The maximum Gasteiger partial charge on any atom is 0.221 e. The summed E-state index contributed by atoms with van der Waals surface area (Å²) < 4.78 is 0. The molecule has 1 aromatic heterocycles. The molecule has 0 saturated carbocycles. The van der Waals surface area contributed by atoms with Crippen LogP contribution in [0.4, 0.5) is 5.69 Å². The number of carbonyl (C=O) groups excluding carboxylic acids is 1. The lowest BCUT2D eigenvalue weighted by atomic mass is 10.1. The lowest BCUT2D eigenvalue weighted by molar-refractivity contribution is -0.114. The molecule has 1 unspecified atom stereocenters. The molecule has 0 spiro atoms. The lowest BCUT2D eigenvalue weighted by Crippen LogP contribution is -2.33. The molecule has 2 N–H and O–H groups in total. The largest absolute Gasteiger partial charge is 0.326 e. The smallest absolute Gasteiger partial charge is 0.221 e. The number of likely N-dealkylation sites (tertiary alicyclic amines) is 1. The van der Waals surface area contributed by atoms with E-state index in [0.717, 1.165) is 18.8 Å². The van der Waals surface area contributed by atoms with Crippen LogP contribution in [0.3, 0.4) is 0 Å². The summed E-state index contributed by atoms with van der Waals surface area (Å²) >= 11 is 1.85. The van der Waals surface area contributed by atoms with Crippen molar-refractivity contribution in [1.29, 1.82) is 0 Å². The van der Waals surface area contributed by atoms with Crippen LogP contribution in [-0.2, 0) is 11.3 Å². The van der Waals surface area contributed by atoms with Crippen molar-refractivity contribution in [2.24, 2.45) is 0 Å². The second-order valence-corrected chi connectivity index (χ2v) is 7.26. The summed E-state index contributed by atoms with van der Waals surface area (Å²) in [5, 5.41) is 8.57. The minimum absolute atomic E-state index is 0.0368. The maximum absolute atomic E-state index is 11.1. The quantitative estimate of drug-likeness (QED) is 0.807. The summed E-state index contributed by atoms with van der Waals surface area (Å²) in [7, 11) is 0. The van der Waals surface area contributed by atoms with Gasteiger partial charge in [0.1, 0.15) is 0 Å². The molecule has 4 nitrogen and oxygen atoms in total. The van der Waals surface area contributed by atoms with Crippen molar-refractivity contribution in [2.45, 2.75) is 32.4 Å². The van der Waals surface area contributed by atoms with Crippen molar-refractivity contribution < 1.29 is 4.79 Å². The Labute approximate surface area is 147 Å². The van der Waals surface area contributed by atoms with Gasteiger partial charge in [-0.25, -0.2) is 0 Å². The number of hydrogen-bond donors (Lipinski definition) is 2. The maximum atomic E-state index is 11.1. The average molecular weight is 343 g/mol. The summed E-state index contributed by atoms with van der Waals surface area (Å²) in [4.78, 5) is 15.1. The van der Waals surface area contributed by atoms with Gasteiger partial charge in [-0.05, 0) is 55.1 Å². The molecule has 2 aromatic rings. The first-order valence-electron chi connectivity index (χ1n) is 8.57. The van der Waals surface area contributed by atoms with Gasteiger partial charge in [-0.15, -0.1) is 11.3 Å². The monoisotopic (exact) mass is 343 g/mol. The molecule has 2 heterocycles. The Kier molecular flexibility index (Phi) is 6.01. The number of benzene rings is 1. The van der Waals surface area contributed by atoms with Crippen LogP contribution in [0, 0.1) is 0 Å². The Morgan fingerprint density at radius 2 is 1.96 bits per heavy atom. The van der Waals surface area contributed by atoms with E-state index in [9.17, 15) is 4.79 Å². The highest BCUT2D eigenvalue weighted by molar-refractivity contribution is 7.10. The molecule has 1 amide bonds. The molecule has 24 heavy (non-hydrogen) atoms. The van der Waals surface area contributed by atoms with Gasteiger partial charge in [-0.3, -0.25) is 9.69 Å². The van der Waals surface area contributed by atoms with E-state index in [1.54, 1.807) is 0 Å². The van der Waals surface area contributed by atoms with E-state index in [2.05, 4.69) is 45.2 Å². The molecule has 3 rings (SSSR count). The normalized spacial score (nSPS) is 16.2. The highest BCUT2D eigenvalue weighted by Crippen LogP contribution is 2.27. The second kappa shape index (κ2) is 8.42. The van der Waals surface area contributed by atoms with Gasteiger partial charge >= 0.3 is 0 Å². The zero-order valence-corrected chi connectivity index (χ0v) is 14.9. The van der Waals surface area contributed by atoms with Crippen LogP contribution >= 0.6 is 11.3 Å². The predicted octanol–water partition coefficient (Wildman–Crippen LogP) is 3.63. The summed E-state index contributed by atoms with van der Waals surface area (Å²) in [6.07, 6.45) is 2.62. The average Bonchev–Trinajstić information content (AvgIpc) is 3.26. The number of hydrogen-bond acceptors (Lipinski definition) is 4.